The maximum atomic E-state index is 13.6. The fourth-order valence-electron chi connectivity index (χ4n) is 3.00. The van der Waals surface area contributed by atoms with E-state index >= 15 is 0 Å². The van der Waals surface area contributed by atoms with Crippen LogP contribution in [-0.2, 0) is 9.47 Å². The minimum Gasteiger partial charge on any atom is -0.488 e. The first-order valence-corrected chi connectivity index (χ1v) is 8.00. The summed E-state index contributed by atoms with van der Waals surface area (Å²) in [5.41, 5.74) is 6.20. The molecule has 0 aliphatic carbocycles. The van der Waals surface area contributed by atoms with Crippen LogP contribution in [0.5, 0.6) is 5.75 Å². The molecular formula is C15H19BrFNO3. The Morgan fingerprint density at radius 1 is 1.29 bits per heavy atom. The summed E-state index contributed by atoms with van der Waals surface area (Å²) in [6, 6.07) is 2.87. The highest BCUT2D eigenvalue weighted by molar-refractivity contribution is 9.10. The average molecular weight is 360 g/mol. The predicted octanol–water partition coefficient (Wildman–Crippen LogP) is 3.28. The summed E-state index contributed by atoms with van der Waals surface area (Å²) < 4.78 is 31.3. The van der Waals surface area contributed by atoms with Crippen molar-refractivity contribution in [3.8, 4) is 5.75 Å². The zero-order valence-corrected chi connectivity index (χ0v) is 13.3. The number of ether oxygens (including phenoxy) is 3. The molecule has 0 aromatic heterocycles. The molecule has 0 radical (unpaired) electrons. The van der Waals surface area contributed by atoms with Crippen molar-refractivity contribution in [3.05, 3.63) is 22.4 Å². The maximum absolute atomic E-state index is 13.6. The van der Waals surface area contributed by atoms with Crippen LogP contribution in [-0.4, -0.2) is 31.5 Å². The molecule has 1 unspecified atom stereocenters. The molecule has 1 aromatic carbocycles. The minimum absolute atomic E-state index is 0.000254. The van der Waals surface area contributed by atoms with Crippen molar-refractivity contribution in [1.29, 1.82) is 0 Å². The maximum Gasteiger partial charge on any atom is 0.145 e. The van der Waals surface area contributed by atoms with Crippen molar-refractivity contribution in [2.24, 2.45) is 0 Å². The van der Waals surface area contributed by atoms with Crippen LogP contribution >= 0.6 is 15.9 Å². The van der Waals surface area contributed by atoms with Gasteiger partial charge in [-0.3, -0.25) is 0 Å². The number of nitrogens with two attached hydrogens (primary N) is 1. The quantitative estimate of drug-likeness (QED) is 0.823. The van der Waals surface area contributed by atoms with Gasteiger partial charge in [-0.15, -0.1) is 0 Å². The van der Waals surface area contributed by atoms with Gasteiger partial charge in [-0.1, -0.05) is 0 Å². The highest BCUT2D eigenvalue weighted by Crippen LogP contribution is 2.37. The summed E-state index contributed by atoms with van der Waals surface area (Å²) in [6.45, 7) is 2.10. The van der Waals surface area contributed by atoms with Gasteiger partial charge in [-0.25, -0.2) is 4.39 Å². The van der Waals surface area contributed by atoms with Crippen molar-refractivity contribution in [2.45, 2.75) is 37.4 Å². The van der Waals surface area contributed by atoms with Gasteiger partial charge in [-0.05, 0) is 34.8 Å². The number of anilines is 1. The summed E-state index contributed by atoms with van der Waals surface area (Å²) >= 11 is 3.12. The molecule has 1 aromatic rings. The number of benzene rings is 1. The highest BCUT2D eigenvalue weighted by atomic mass is 79.9. The van der Waals surface area contributed by atoms with E-state index in [1.54, 1.807) is 0 Å². The minimum atomic E-state index is -0.368. The molecule has 0 bridgehead atoms. The number of hydrogen-bond donors (Lipinski definition) is 1. The average Bonchev–Trinajstić information content (AvgIpc) is 2.46. The van der Waals surface area contributed by atoms with Gasteiger partial charge in [0.2, 0.25) is 0 Å². The van der Waals surface area contributed by atoms with E-state index in [1.807, 2.05) is 0 Å². The monoisotopic (exact) mass is 359 g/mol. The Morgan fingerprint density at radius 2 is 2.05 bits per heavy atom. The molecule has 21 heavy (non-hydrogen) atoms. The first-order valence-electron chi connectivity index (χ1n) is 7.21. The fourth-order valence-corrected chi connectivity index (χ4v) is 3.36. The molecule has 0 amide bonds. The largest absolute Gasteiger partial charge is 0.488 e. The lowest BCUT2D eigenvalue weighted by Gasteiger charge is -2.43. The second-order valence-electron chi connectivity index (χ2n) is 5.68. The lowest BCUT2D eigenvalue weighted by Crippen LogP contribution is -2.47. The Bertz CT molecular complexity index is 514. The van der Waals surface area contributed by atoms with E-state index < -0.39 is 0 Å². The number of hydrogen-bond acceptors (Lipinski definition) is 4. The van der Waals surface area contributed by atoms with Crippen LogP contribution in [0.2, 0.25) is 0 Å². The number of rotatable bonds is 2. The zero-order chi connectivity index (χ0) is 14.9. The van der Waals surface area contributed by atoms with Crippen molar-refractivity contribution in [3.63, 3.8) is 0 Å². The van der Waals surface area contributed by atoms with E-state index in [9.17, 15) is 4.39 Å². The molecule has 116 valence electrons. The molecule has 2 aliphatic rings. The van der Waals surface area contributed by atoms with Crippen molar-refractivity contribution in [1.82, 2.24) is 0 Å². The molecule has 3 rings (SSSR count). The molecule has 4 nitrogen and oxygen atoms in total. The summed E-state index contributed by atoms with van der Waals surface area (Å²) in [5, 5.41) is 0. The van der Waals surface area contributed by atoms with Crippen LogP contribution in [0.25, 0.3) is 0 Å². The SMILES string of the molecule is Nc1cc(Br)c(F)cc1OC1CCOC2(CCOCC2)C1. The van der Waals surface area contributed by atoms with Gasteiger partial charge in [0, 0.05) is 32.1 Å². The lowest BCUT2D eigenvalue weighted by molar-refractivity contribution is -0.155. The van der Waals surface area contributed by atoms with Gasteiger partial charge in [0.25, 0.3) is 0 Å². The molecule has 2 saturated heterocycles. The van der Waals surface area contributed by atoms with Gasteiger partial charge in [0.05, 0.1) is 22.4 Å². The molecule has 1 spiro atoms. The zero-order valence-electron chi connectivity index (χ0n) is 11.7. The Balaban J connectivity index is 1.71. The molecule has 0 saturated carbocycles. The van der Waals surface area contributed by atoms with Crippen molar-refractivity contribution < 1.29 is 18.6 Å². The van der Waals surface area contributed by atoms with Crippen molar-refractivity contribution >= 4 is 21.6 Å². The Hall–Kier alpha value is -0.850. The molecule has 6 heteroatoms. The second kappa shape index (κ2) is 6.10. The first-order chi connectivity index (χ1) is 10.1. The van der Waals surface area contributed by atoms with E-state index in [1.165, 1.54) is 12.1 Å². The summed E-state index contributed by atoms with van der Waals surface area (Å²) in [4.78, 5) is 0. The number of nitrogen functional groups attached to an aromatic ring is 1. The van der Waals surface area contributed by atoms with Gasteiger partial charge in [-0.2, -0.15) is 0 Å². The molecule has 2 N–H and O–H groups in total. The topological polar surface area (TPSA) is 53.7 Å². The van der Waals surface area contributed by atoms with Gasteiger partial charge >= 0.3 is 0 Å². The first kappa shape index (κ1) is 15.1. The Morgan fingerprint density at radius 3 is 2.81 bits per heavy atom. The summed E-state index contributed by atoms with van der Waals surface area (Å²) in [6.07, 6.45) is 3.36. The highest BCUT2D eigenvalue weighted by Gasteiger charge is 2.40. The van der Waals surface area contributed by atoms with E-state index in [2.05, 4.69) is 15.9 Å². The van der Waals surface area contributed by atoms with Gasteiger partial charge in [0.15, 0.2) is 0 Å². The second-order valence-corrected chi connectivity index (χ2v) is 6.53. The van der Waals surface area contributed by atoms with Crippen LogP contribution in [0.3, 0.4) is 0 Å². The molecule has 1 atom stereocenters. The van der Waals surface area contributed by atoms with Gasteiger partial charge < -0.3 is 19.9 Å². The van der Waals surface area contributed by atoms with Crippen LogP contribution < -0.4 is 10.5 Å². The number of halogens is 2. The molecule has 2 aliphatic heterocycles. The van der Waals surface area contributed by atoms with E-state index in [0.717, 1.165) is 38.9 Å². The van der Waals surface area contributed by atoms with Crippen LogP contribution in [0, 0.1) is 5.82 Å². The normalized spacial score (nSPS) is 25.0. The summed E-state index contributed by atoms with van der Waals surface area (Å²) in [5.74, 6) is 0.0387. The van der Waals surface area contributed by atoms with Gasteiger partial charge in [0.1, 0.15) is 17.7 Å². The van der Waals surface area contributed by atoms with Crippen LogP contribution in [0.15, 0.2) is 16.6 Å². The predicted molar refractivity (Wildman–Crippen MR) is 80.9 cm³/mol. The Kier molecular flexibility index (Phi) is 4.38. The Labute approximate surface area is 131 Å². The smallest absolute Gasteiger partial charge is 0.145 e. The molecular weight excluding hydrogens is 341 g/mol. The van der Waals surface area contributed by atoms with Crippen LogP contribution in [0.4, 0.5) is 10.1 Å². The molecule has 2 fully saturated rings. The van der Waals surface area contributed by atoms with Crippen molar-refractivity contribution in [2.75, 3.05) is 25.6 Å². The lowest BCUT2D eigenvalue weighted by atomic mass is 9.85. The third kappa shape index (κ3) is 3.33. The third-order valence-electron chi connectivity index (χ3n) is 4.20. The summed E-state index contributed by atoms with van der Waals surface area (Å²) in [7, 11) is 0. The van der Waals surface area contributed by atoms with E-state index in [-0.39, 0.29) is 17.5 Å². The van der Waals surface area contributed by atoms with Crippen LogP contribution in [0.1, 0.15) is 25.7 Å². The molecule has 2 heterocycles. The van der Waals surface area contributed by atoms with E-state index in [0.29, 0.717) is 22.5 Å². The van der Waals surface area contributed by atoms with E-state index in [4.69, 9.17) is 19.9 Å². The third-order valence-corrected chi connectivity index (χ3v) is 4.81. The fraction of sp³-hybridized carbons (Fsp3) is 0.600. The standard InChI is InChI=1S/C15H19BrFNO3/c16-11-7-13(18)14(8-12(11)17)21-10-1-4-20-15(9-10)2-5-19-6-3-15/h7-8,10H,1-6,9,18H2.